The van der Waals surface area contributed by atoms with Crippen molar-refractivity contribution in [2.75, 3.05) is 13.7 Å². The maximum absolute atomic E-state index is 12.1. The average molecular weight is 343 g/mol. The number of hydrogen-bond acceptors (Lipinski definition) is 4. The quantitative estimate of drug-likeness (QED) is 0.795. The van der Waals surface area contributed by atoms with Crippen molar-refractivity contribution >= 4 is 18.3 Å². The molecule has 1 aliphatic heterocycles. The monoisotopic (exact) mass is 342 g/mol. The minimum absolute atomic E-state index is 0. The van der Waals surface area contributed by atoms with Crippen molar-refractivity contribution in [1.29, 1.82) is 0 Å². The number of nitrogens with two attached hydrogens (primary N) is 1. The van der Waals surface area contributed by atoms with Crippen LogP contribution in [0.3, 0.4) is 0 Å². The van der Waals surface area contributed by atoms with E-state index in [0.29, 0.717) is 6.54 Å². The van der Waals surface area contributed by atoms with Crippen molar-refractivity contribution in [3.05, 3.63) is 29.8 Å². The van der Waals surface area contributed by atoms with Crippen molar-refractivity contribution in [2.24, 2.45) is 5.73 Å². The fourth-order valence-electron chi connectivity index (χ4n) is 2.66. The van der Waals surface area contributed by atoms with E-state index in [1.54, 1.807) is 7.11 Å². The summed E-state index contributed by atoms with van der Waals surface area (Å²) in [5, 5.41) is 3.03. The van der Waals surface area contributed by atoms with Crippen molar-refractivity contribution in [3.8, 4) is 5.75 Å². The molecule has 130 valence electrons. The molecular formula is C17H27ClN2O3. The lowest BCUT2D eigenvalue weighted by Crippen LogP contribution is -2.40. The van der Waals surface area contributed by atoms with Crippen LogP contribution < -0.4 is 15.8 Å². The number of methoxy groups -OCH3 is 1. The van der Waals surface area contributed by atoms with Gasteiger partial charge >= 0.3 is 0 Å². The lowest BCUT2D eigenvalue weighted by molar-refractivity contribution is -0.132. The van der Waals surface area contributed by atoms with Gasteiger partial charge in [0.05, 0.1) is 13.2 Å². The molecule has 0 spiro atoms. The number of ether oxygens (including phenoxy) is 2. The number of hydrogen-bond donors (Lipinski definition) is 2. The summed E-state index contributed by atoms with van der Waals surface area (Å²) >= 11 is 0. The average Bonchev–Trinajstić information content (AvgIpc) is 3.02. The highest BCUT2D eigenvalue weighted by atomic mass is 35.5. The Morgan fingerprint density at radius 3 is 2.65 bits per heavy atom. The van der Waals surface area contributed by atoms with Crippen LogP contribution in [0.25, 0.3) is 0 Å². The number of carbonyl (C=O) groups excluding carboxylic acids is 1. The minimum Gasteiger partial charge on any atom is -0.497 e. The molecule has 3 N–H and O–H groups in total. The van der Waals surface area contributed by atoms with E-state index in [4.69, 9.17) is 15.2 Å². The molecule has 1 heterocycles. The molecule has 1 fully saturated rings. The standard InChI is InChI=1S/C17H26N2O3.ClH/c1-12(3-4-13-5-7-14(21-2)8-6-13)19-17(20)16-10-9-15(11-18)22-16;/h5-8,12,15-16H,3-4,9-11,18H2,1-2H3,(H,19,20);1H/t12?,15-,16+;/m1./s1. The molecule has 1 amide bonds. The first kappa shape index (κ1) is 19.7. The molecule has 0 bridgehead atoms. The largest absolute Gasteiger partial charge is 0.497 e. The number of halogens is 1. The highest BCUT2D eigenvalue weighted by Gasteiger charge is 2.30. The Bertz CT molecular complexity index is 481. The van der Waals surface area contributed by atoms with E-state index in [9.17, 15) is 4.79 Å². The van der Waals surface area contributed by atoms with Gasteiger partial charge in [0.1, 0.15) is 11.9 Å². The highest BCUT2D eigenvalue weighted by Crippen LogP contribution is 2.19. The first-order valence-corrected chi connectivity index (χ1v) is 7.91. The zero-order valence-corrected chi connectivity index (χ0v) is 14.6. The first-order chi connectivity index (χ1) is 10.6. The van der Waals surface area contributed by atoms with Gasteiger partial charge < -0.3 is 20.5 Å². The Morgan fingerprint density at radius 1 is 1.39 bits per heavy atom. The number of rotatable bonds is 7. The molecule has 0 radical (unpaired) electrons. The molecule has 1 saturated heterocycles. The van der Waals surface area contributed by atoms with Crippen LogP contribution in [0.1, 0.15) is 31.7 Å². The number of benzene rings is 1. The number of amides is 1. The molecule has 5 nitrogen and oxygen atoms in total. The molecule has 0 saturated carbocycles. The molecule has 1 unspecified atom stereocenters. The van der Waals surface area contributed by atoms with Gasteiger partial charge in [-0.15, -0.1) is 12.4 Å². The summed E-state index contributed by atoms with van der Waals surface area (Å²) in [7, 11) is 1.66. The fraction of sp³-hybridized carbons (Fsp3) is 0.588. The van der Waals surface area contributed by atoms with Crippen LogP contribution in [-0.4, -0.2) is 37.8 Å². The topological polar surface area (TPSA) is 73.6 Å². The third-order valence-electron chi connectivity index (χ3n) is 4.08. The summed E-state index contributed by atoms with van der Waals surface area (Å²) in [6.45, 7) is 2.51. The molecule has 0 aromatic heterocycles. The van der Waals surface area contributed by atoms with Gasteiger partial charge in [-0.3, -0.25) is 4.79 Å². The van der Waals surface area contributed by atoms with E-state index in [1.165, 1.54) is 5.56 Å². The third kappa shape index (κ3) is 6.01. The molecule has 2 rings (SSSR count). The van der Waals surface area contributed by atoms with Gasteiger partial charge in [-0.2, -0.15) is 0 Å². The molecule has 0 aliphatic carbocycles. The second kappa shape index (κ2) is 9.75. The zero-order chi connectivity index (χ0) is 15.9. The normalized spacial score (nSPS) is 21.3. The Labute approximate surface area is 144 Å². The highest BCUT2D eigenvalue weighted by molar-refractivity contribution is 5.85. The molecule has 1 aromatic rings. The van der Waals surface area contributed by atoms with Gasteiger partial charge in [0.15, 0.2) is 0 Å². The Kier molecular flexibility index (Phi) is 8.37. The van der Waals surface area contributed by atoms with E-state index in [1.807, 2.05) is 19.1 Å². The summed E-state index contributed by atoms with van der Waals surface area (Å²) in [5.74, 6) is 0.844. The maximum atomic E-state index is 12.1. The number of aryl methyl sites for hydroxylation is 1. The van der Waals surface area contributed by atoms with E-state index >= 15 is 0 Å². The second-order valence-electron chi connectivity index (χ2n) is 5.86. The maximum Gasteiger partial charge on any atom is 0.249 e. The molecule has 23 heavy (non-hydrogen) atoms. The Morgan fingerprint density at radius 2 is 2.09 bits per heavy atom. The van der Waals surface area contributed by atoms with Gasteiger partial charge in [-0.1, -0.05) is 12.1 Å². The lowest BCUT2D eigenvalue weighted by atomic mass is 10.1. The third-order valence-corrected chi connectivity index (χ3v) is 4.08. The van der Waals surface area contributed by atoms with Crippen molar-refractivity contribution < 1.29 is 14.3 Å². The Hall–Kier alpha value is -1.30. The van der Waals surface area contributed by atoms with Crippen LogP contribution in [0.5, 0.6) is 5.75 Å². The lowest BCUT2D eigenvalue weighted by Gasteiger charge is -2.17. The van der Waals surface area contributed by atoms with Gasteiger partial charge in [0.2, 0.25) is 5.91 Å². The van der Waals surface area contributed by atoms with Gasteiger partial charge in [-0.25, -0.2) is 0 Å². The fourth-order valence-corrected chi connectivity index (χ4v) is 2.66. The van der Waals surface area contributed by atoms with Crippen molar-refractivity contribution in [2.45, 2.75) is 50.9 Å². The van der Waals surface area contributed by atoms with E-state index < -0.39 is 0 Å². The summed E-state index contributed by atoms with van der Waals surface area (Å²) in [5.41, 5.74) is 6.80. The second-order valence-corrected chi connectivity index (χ2v) is 5.86. The smallest absolute Gasteiger partial charge is 0.249 e. The van der Waals surface area contributed by atoms with Gasteiger partial charge in [0, 0.05) is 12.6 Å². The van der Waals surface area contributed by atoms with Crippen molar-refractivity contribution in [1.82, 2.24) is 5.32 Å². The van der Waals surface area contributed by atoms with Crippen LogP contribution in [0.15, 0.2) is 24.3 Å². The first-order valence-electron chi connectivity index (χ1n) is 7.91. The minimum atomic E-state index is -0.336. The zero-order valence-electron chi connectivity index (χ0n) is 13.8. The summed E-state index contributed by atoms with van der Waals surface area (Å²) in [6.07, 6.45) is 3.14. The SMILES string of the molecule is COc1ccc(CCC(C)NC(=O)[C@@H]2CC[C@H](CN)O2)cc1.Cl. The number of carbonyl (C=O) groups is 1. The predicted octanol–water partition coefficient (Wildman–Crippen LogP) is 2.06. The van der Waals surface area contributed by atoms with E-state index in [0.717, 1.165) is 31.4 Å². The van der Waals surface area contributed by atoms with E-state index in [2.05, 4.69) is 17.4 Å². The van der Waals surface area contributed by atoms with Crippen LogP contribution in [0.2, 0.25) is 0 Å². The van der Waals surface area contributed by atoms with Crippen LogP contribution >= 0.6 is 12.4 Å². The molecule has 3 atom stereocenters. The predicted molar refractivity (Wildman–Crippen MR) is 93.1 cm³/mol. The van der Waals surface area contributed by atoms with Gasteiger partial charge in [0.25, 0.3) is 0 Å². The number of nitrogens with one attached hydrogen (secondary N) is 1. The summed E-state index contributed by atoms with van der Waals surface area (Å²) in [6, 6.07) is 8.14. The van der Waals surface area contributed by atoms with Gasteiger partial charge in [-0.05, 0) is 50.3 Å². The van der Waals surface area contributed by atoms with E-state index in [-0.39, 0.29) is 36.6 Å². The van der Waals surface area contributed by atoms with Crippen LogP contribution in [0.4, 0.5) is 0 Å². The Balaban J connectivity index is 0.00000264. The molecule has 1 aliphatic rings. The molecule has 1 aromatic carbocycles. The summed E-state index contributed by atoms with van der Waals surface area (Å²) < 4.78 is 10.8. The van der Waals surface area contributed by atoms with Crippen LogP contribution in [0, 0.1) is 0 Å². The van der Waals surface area contributed by atoms with Crippen LogP contribution in [-0.2, 0) is 16.0 Å². The summed E-state index contributed by atoms with van der Waals surface area (Å²) in [4.78, 5) is 12.1. The molecular weight excluding hydrogens is 316 g/mol. The van der Waals surface area contributed by atoms with Crippen molar-refractivity contribution in [3.63, 3.8) is 0 Å². The molecule has 6 heteroatoms.